The van der Waals surface area contributed by atoms with Gasteiger partial charge in [0.15, 0.2) is 0 Å². The summed E-state index contributed by atoms with van der Waals surface area (Å²) in [6.07, 6.45) is 11.4. The Morgan fingerprint density at radius 1 is 1.11 bits per heavy atom. The molecule has 0 aliphatic rings. The predicted octanol–water partition coefficient (Wildman–Crippen LogP) is 4.79. The van der Waals surface area contributed by atoms with E-state index in [0.717, 1.165) is 12.2 Å². The van der Waals surface area contributed by atoms with Crippen LogP contribution >= 0.6 is 0 Å². The fraction of sp³-hybridized carbons (Fsp3) is 0.706. The molecule has 0 fully saturated rings. The first-order chi connectivity index (χ1) is 9.27. The summed E-state index contributed by atoms with van der Waals surface area (Å²) in [6.45, 7) is 7.55. The lowest BCUT2D eigenvalue weighted by atomic mass is 10.00. The Kier molecular flexibility index (Phi) is 8.48. The number of hydrogen-bond acceptors (Lipinski definition) is 2. The maximum absolute atomic E-state index is 4.28. The van der Waals surface area contributed by atoms with E-state index in [1.165, 1.54) is 50.5 Å². The van der Waals surface area contributed by atoms with Gasteiger partial charge in [-0.15, -0.1) is 0 Å². The Morgan fingerprint density at radius 2 is 1.84 bits per heavy atom. The van der Waals surface area contributed by atoms with Gasteiger partial charge in [-0.2, -0.15) is 0 Å². The fourth-order valence-electron chi connectivity index (χ4n) is 2.55. The Morgan fingerprint density at radius 3 is 2.53 bits per heavy atom. The van der Waals surface area contributed by atoms with E-state index in [4.69, 9.17) is 0 Å². The number of rotatable bonds is 10. The molecule has 0 spiro atoms. The molecule has 1 aromatic heterocycles. The minimum atomic E-state index is 0.498. The molecule has 1 N–H and O–H groups in total. The van der Waals surface area contributed by atoms with Gasteiger partial charge in [-0.3, -0.25) is 4.98 Å². The van der Waals surface area contributed by atoms with Crippen molar-refractivity contribution in [3.63, 3.8) is 0 Å². The first kappa shape index (κ1) is 16.2. The molecular formula is C17H30N2. The quantitative estimate of drug-likeness (QED) is 0.613. The molecule has 1 aromatic rings. The van der Waals surface area contributed by atoms with E-state index >= 15 is 0 Å². The monoisotopic (exact) mass is 262 g/mol. The minimum absolute atomic E-state index is 0.498. The van der Waals surface area contributed by atoms with Crippen molar-refractivity contribution in [2.45, 2.75) is 71.8 Å². The van der Waals surface area contributed by atoms with Crippen LogP contribution in [0.5, 0.6) is 0 Å². The van der Waals surface area contributed by atoms with Crippen LogP contribution in [0.25, 0.3) is 0 Å². The van der Waals surface area contributed by atoms with Gasteiger partial charge in [-0.05, 0) is 37.6 Å². The van der Waals surface area contributed by atoms with Crippen molar-refractivity contribution < 1.29 is 0 Å². The summed E-state index contributed by atoms with van der Waals surface area (Å²) < 4.78 is 0. The second-order valence-corrected chi connectivity index (χ2v) is 5.40. The fourth-order valence-corrected chi connectivity index (χ4v) is 2.55. The normalized spacial score (nSPS) is 12.6. The summed E-state index contributed by atoms with van der Waals surface area (Å²) in [5.41, 5.74) is 2.51. The topological polar surface area (TPSA) is 24.9 Å². The Balaban J connectivity index is 2.36. The van der Waals surface area contributed by atoms with Crippen LogP contribution in [0.15, 0.2) is 18.3 Å². The average Bonchev–Trinajstić information content (AvgIpc) is 2.41. The molecule has 0 radical (unpaired) electrons. The van der Waals surface area contributed by atoms with Crippen molar-refractivity contribution in [1.82, 2.24) is 10.3 Å². The third-order valence-electron chi connectivity index (χ3n) is 3.62. The number of hydrogen-bond donors (Lipinski definition) is 1. The van der Waals surface area contributed by atoms with Gasteiger partial charge in [0.05, 0.1) is 0 Å². The highest BCUT2D eigenvalue weighted by atomic mass is 14.9. The zero-order valence-electron chi connectivity index (χ0n) is 12.9. The first-order valence-electron chi connectivity index (χ1n) is 7.93. The Bertz CT molecular complexity index is 336. The van der Waals surface area contributed by atoms with Crippen LogP contribution in [0.3, 0.4) is 0 Å². The number of aryl methyl sites for hydroxylation is 1. The number of nitrogens with one attached hydrogen (secondary N) is 1. The molecule has 19 heavy (non-hydrogen) atoms. The minimum Gasteiger partial charge on any atom is -0.310 e. The van der Waals surface area contributed by atoms with E-state index in [-0.39, 0.29) is 0 Å². The summed E-state index contributed by atoms with van der Waals surface area (Å²) >= 11 is 0. The second kappa shape index (κ2) is 9.96. The standard InChI is InChI=1S/C17H30N2/c1-4-6-7-8-9-10-11-17(18-5-2)16-12-13-19-15(3)14-16/h12-14,17-18H,4-11H2,1-3H3. The molecule has 108 valence electrons. The van der Waals surface area contributed by atoms with E-state index in [1.54, 1.807) is 0 Å². The van der Waals surface area contributed by atoms with Crippen LogP contribution in [-0.4, -0.2) is 11.5 Å². The van der Waals surface area contributed by atoms with Gasteiger partial charge in [0, 0.05) is 17.9 Å². The van der Waals surface area contributed by atoms with Gasteiger partial charge < -0.3 is 5.32 Å². The van der Waals surface area contributed by atoms with Gasteiger partial charge in [-0.1, -0.05) is 52.4 Å². The first-order valence-corrected chi connectivity index (χ1v) is 7.93. The Labute approximate surface area is 119 Å². The summed E-state index contributed by atoms with van der Waals surface area (Å²) in [6, 6.07) is 4.86. The van der Waals surface area contributed by atoms with E-state index in [0.29, 0.717) is 6.04 Å². The van der Waals surface area contributed by atoms with Crippen molar-refractivity contribution >= 4 is 0 Å². The molecular weight excluding hydrogens is 232 g/mol. The van der Waals surface area contributed by atoms with E-state index < -0.39 is 0 Å². The van der Waals surface area contributed by atoms with Gasteiger partial charge in [0.25, 0.3) is 0 Å². The molecule has 2 heteroatoms. The second-order valence-electron chi connectivity index (χ2n) is 5.40. The molecule has 1 heterocycles. The molecule has 1 rings (SSSR count). The molecule has 1 unspecified atom stereocenters. The summed E-state index contributed by atoms with van der Waals surface area (Å²) in [5.74, 6) is 0. The van der Waals surface area contributed by atoms with Crippen molar-refractivity contribution in [3.05, 3.63) is 29.6 Å². The molecule has 0 aliphatic carbocycles. The number of nitrogens with zero attached hydrogens (tertiary/aromatic N) is 1. The lowest BCUT2D eigenvalue weighted by Gasteiger charge is -2.18. The van der Waals surface area contributed by atoms with E-state index in [2.05, 4.69) is 43.2 Å². The van der Waals surface area contributed by atoms with Crippen LogP contribution in [0.2, 0.25) is 0 Å². The molecule has 0 amide bonds. The number of unbranched alkanes of at least 4 members (excludes halogenated alkanes) is 5. The van der Waals surface area contributed by atoms with E-state index in [9.17, 15) is 0 Å². The highest BCUT2D eigenvalue weighted by molar-refractivity contribution is 5.19. The smallest absolute Gasteiger partial charge is 0.0375 e. The third-order valence-corrected chi connectivity index (χ3v) is 3.62. The van der Waals surface area contributed by atoms with Crippen LogP contribution in [0.4, 0.5) is 0 Å². The van der Waals surface area contributed by atoms with Crippen LogP contribution in [0.1, 0.15) is 76.1 Å². The molecule has 0 saturated carbocycles. The van der Waals surface area contributed by atoms with Crippen LogP contribution in [0, 0.1) is 6.92 Å². The molecule has 0 saturated heterocycles. The molecule has 1 atom stereocenters. The van der Waals surface area contributed by atoms with Gasteiger partial charge in [0.1, 0.15) is 0 Å². The lowest BCUT2D eigenvalue weighted by Crippen LogP contribution is -2.21. The molecule has 0 aliphatic heterocycles. The zero-order valence-corrected chi connectivity index (χ0v) is 12.9. The van der Waals surface area contributed by atoms with Crippen LogP contribution < -0.4 is 5.32 Å². The molecule has 0 aromatic carbocycles. The predicted molar refractivity (Wildman–Crippen MR) is 83.4 cm³/mol. The molecule has 0 bridgehead atoms. The SMILES string of the molecule is CCCCCCCCC(NCC)c1ccnc(C)c1. The summed E-state index contributed by atoms with van der Waals surface area (Å²) in [5, 5.41) is 3.60. The van der Waals surface area contributed by atoms with E-state index in [1.807, 2.05) is 6.20 Å². The van der Waals surface area contributed by atoms with Gasteiger partial charge in [0.2, 0.25) is 0 Å². The van der Waals surface area contributed by atoms with Gasteiger partial charge in [-0.25, -0.2) is 0 Å². The molecule has 2 nitrogen and oxygen atoms in total. The summed E-state index contributed by atoms with van der Waals surface area (Å²) in [7, 11) is 0. The van der Waals surface area contributed by atoms with Gasteiger partial charge >= 0.3 is 0 Å². The largest absolute Gasteiger partial charge is 0.310 e. The highest BCUT2D eigenvalue weighted by Gasteiger charge is 2.09. The highest BCUT2D eigenvalue weighted by Crippen LogP contribution is 2.20. The number of pyridine rings is 1. The van der Waals surface area contributed by atoms with Crippen molar-refractivity contribution in [2.75, 3.05) is 6.54 Å². The maximum Gasteiger partial charge on any atom is 0.0375 e. The zero-order chi connectivity index (χ0) is 13.9. The Hall–Kier alpha value is -0.890. The summed E-state index contributed by atoms with van der Waals surface area (Å²) in [4.78, 5) is 4.28. The lowest BCUT2D eigenvalue weighted by molar-refractivity contribution is 0.476. The number of aromatic nitrogens is 1. The van der Waals surface area contributed by atoms with Crippen molar-refractivity contribution in [2.24, 2.45) is 0 Å². The average molecular weight is 262 g/mol. The van der Waals surface area contributed by atoms with Crippen LogP contribution in [-0.2, 0) is 0 Å². The third kappa shape index (κ3) is 6.72. The van der Waals surface area contributed by atoms with Crippen molar-refractivity contribution in [3.8, 4) is 0 Å². The maximum atomic E-state index is 4.28. The van der Waals surface area contributed by atoms with Crippen molar-refractivity contribution in [1.29, 1.82) is 0 Å².